The van der Waals surface area contributed by atoms with Gasteiger partial charge in [-0.2, -0.15) is 4.31 Å². The van der Waals surface area contributed by atoms with Gasteiger partial charge in [-0.15, -0.1) is 0 Å². The molecule has 0 bridgehead atoms. The van der Waals surface area contributed by atoms with Crippen LogP contribution in [0.1, 0.15) is 11.1 Å². The Morgan fingerprint density at radius 3 is 2.04 bits per heavy atom. The Morgan fingerprint density at radius 2 is 1.52 bits per heavy atom. The van der Waals surface area contributed by atoms with Crippen LogP contribution in [0.2, 0.25) is 5.02 Å². The van der Waals surface area contributed by atoms with Gasteiger partial charge >= 0.3 is 0 Å². The Balaban J connectivity index is 2.04. The van der Waals surface area contributed by atoms with Crippen LogP contribution < -0.4 is 4.74 Å². The molecule has 0 unspecified atom stereocenters. The molecule has 0 aliphatic rings. The van der Waals surface area contributed by atoms with Crippen LogP contribution in [-0.2, 0) is 27.9 Å². The lowest BCUT2D eigenvalue weighted by molar-refractivity contribution is -0.130. The van der Waals surface area contributed by atoms with Gasteiger partial charge in [-0.1, -0.05) is 35.9 Å². The van der Waals surface area contributed by atoms with Crippen LogP contribution in [-0.4, -0.2) is 50.5 Å². The molecule has 0 aliphatic heterocycles. The predicted molar refractivity (Wildman–Crippen MR) is 106 cm³/mol. The summed E-state index contributed by atoms with van der Waals surface area (Å²) in [6.45, 7) is 0.258. The van der Waals surface area contributed by atoms with Gasteiger partial charge in [0.25, 0.3) is 0 Å². The fourth-order valence-corrected chi connectivity index (χ4v) is 3.30. The highest BCUT2D eigenvalue weighted by Crippen LogP contribution is 2.15. The van der Waals surface area contributed by atoms with Crippen LogP contribution in [0.5, 0.6) is 5.75 Å². The fraction of sp³-hybridized carbons (Fsp3) is 0.316. The molecule has 0 atom stereocenters. The Bertz CT molecular complexity index is 868. The number of hydrogen-bond donors (Lipinski definition) is 0. The highest BCUT2D eigenvalue weighted by atomic mass is 35.5. The normalized spacial score (nSPS) is 11.4. The minimum Gasteiger partial charge on any atom is -0.497 e. The smallest absolute Gasteiger partial charge is 0.237 e. The summed E-state index contributed by atoms with van der Waals surface area (Å²) in [6.07, 6.45) is 1.10. The maximum Gasteiger partial charge on any atom is 0.237 e. The Kier molecular flexibility index (Phi) is 7.24. The number of benzene rings is 2. The number of halogens is 1. The number of methoxy groups -OCH3 is 1. The number of nitrogens with zero attached hydrogens (tertiary/aromatic N) is 2. The SMILES string of the molecule is COc1ccc(CN(C)C(=O)CN(Cc2ccc(Cl)cc2)S(C)(=O)=O)cc1. The van der Waals surface area contributed by atoms with E-state index in [2.05, 4.69) is 0 Å². The number of rotatable bonds is 8. The van der Waals surface area contributed by atoms with Gasteiger partial charge in [-0.05, 0) is 35.4 Å². The monoisotopic (exact) mass is 410 g/mol. The number of carbonyl (C=O) groups excluding carboxylic acids is 1. The molecule has 0 N–H and O–H groups in total. The molecule has 8 heteroatoms. The predicted octanol–water partition coefficient (Wildman–Crippen LogP) is 2.77. The van der Waals surface area contributed by atoms with Crippen LogP contribution in [0.25, 0.3) is 0 Å². The zero-order valence-corrected chi connectivity index (χ0v) is 17.1. The number of carbonyl (C=O) groups is 1. The summed E-state index contributed by atoms with van der Waals surface area (Å²) in [5.41, 5.74) is 1.69. The van der Waals surface area contributed by atoms with Gasteiger partial charge in [0.05, 0.1) is 19.9 Å². The Morgan fingerprint density at radius 1 is 1.00 bits per heavy atom. The number of hydrogen-bond acceptors (Lipinski definition) is 4. The Labute approximate surface area is 165 Å². The molecule has 0 spiro atoms. The zero-order valence-electron chi connectivity index (χ0n) is 15.6. The fourth-order valence-electron chi connectivity index (χ4n) is 2.45. The molecule has 1 amide bonds. The van der Waals surface area contributed by atoms with Gasteiger partial charge in [-0.25, -0.2) is 8.42 Å². The maximum absolute atomic E-state index is 12.5. The number of amides is 1. The molecule has 0 aliphatic carbocycles. The molecule has 0 aromatic heterocycles. The van der Waals surface area contributed by atoms with Gasteiger partial charge in [0.2, 0.25) is 15.9 Å². The average molecular weight is 411 g/mol. The van der Waals surface area contributed by atoms with E-state index in [4.69, 9.17) is 16.3 Å². The van der Waals surface area contributed by atoms with Crippen molar-refractivity contribution < 1.29 is 17.9 Å². The quantitative estimate of drug-likeness (QED) is 0.671. The van der Waals surface area contributed by atoms with Crippen molar-refractivity contribution in [2.75, 3.05) is 27.0 Å². The molecule has 6 nitrogen and oxygen atoms in total. The molecule has 2 aromatic rings. The van der Waals surface area contributed by atoms with Crippen molar-refractivity contribution in [2.45, 2.75) is 13.1 Å². The van der Waals surface area contributed by atoms with E-state index < -0.39 is 10.0 Å². The summed E-state index contributed by atoms with van der Waals surface area (Å²) in [5, 5.41) is 0.569. The first kappa shape index (κ1) is 21.2. The van der Waals surface area contributed by atoms with Crippen molar-refractivity contribution in [1.29, 1.82) is 0 Å². The molecule has 2 rings (SSSR count). The molecule has 0 saturated carbocycles. The first-order valence-electron chi connectivity index (χ1n) is 8.25. The van der Waals surface area contributed by atoms with E-state index in [1.807, 2.05) is 24.3 Å². The first-order valence-corrected chi connectivity index (χ1v) is 10.5. The molecule has 146 valence electrons. The second kappa shape index (κ2) is 9.21. The largest absolute Gasteiger partial charge is 0.497 e. The molecule has 0 radical (unpaired) electrons. The van der Waals surface area contributed by atoms with Crippen molar-refractivity contribution in [3.8, 4) is 5.75 Å². The van der Waals surface area contributed by atoms with Gasteiger partial charge in [0.1, 0.15) is 5.75 Å². The van der Waals surface area contributed by atoms with Gasteiger partial charge in [0.15, 0.2) is 0 Å². The van der Waals surface area contributed by atoms with Gasteiger partial charge in [-0.3, -0.25) is 4.79 Å². The summed E-state index contributed by atoms with van der Waals surface area (Å²) in [6, 6.07) is 14.2. The molecular formula is C19H23ClN2O4S. The highest BCUT2D eigenvalue weighted by molar-refractivity contribution is 7.88. The first-order chi connectivity index (χ1) is 12.7. The molecule has 27 heavy (non-hydrogen) atoms. The van der Waals surface area contributed by atoms with Crippen molar-refractivity contribution in [3.63, 3.8) is 0 Å². The number of likely N-dealkylation sites (N-methyl/N-ethyl adjacent to an activating group) is 1. The van der Waals surface area contributed by atoms with E-state index >= 15 is 0 Å². The number of ether oxygens (including phenoxy) is 1. The van der Waals surface area contributed by atoms with Crippen LogP contribution in [0.3, 0.4) is 0 Å². The van der Waals surface area contributed by atoms with Crippen molar-refractivity contribution in [3.05, 3.63) is 64.7 Å². The van der Waals surface area contributed by atoms with Crippen LogP contribution in [0.15, 0.2) is 48.5 Å². The van der Waals surface area contributed by atoms with Crippen LogP contribution in [0, 0.1) is 0 Å². The maximum atomic E-state index is 12.5. The summed E-state index contributed by atoms with van der Waals surface area (Å²) in [4.78, 5) is 14.0. The standard InChI is InChI=1S/C19H23ClN2O4S/c1-21(12-15-6-10-18(26-2)11-7-15)19(23)14-22(27(3,24)25)13-16-4-8-17(20)9-5-16/h4-11H,12-14H2,1-3H3. The van der Waals surface area contributed by atoms with Gasteiger partial charge in [0, 0.05) is 25.2 Å². The van der Waals surface area contributed by atoms with Crippen LogP contribution >= 0.6 is 11.6 Å². The second-order valence-electron chi connectivity index (χ2n) is 6.26. The zero-order chi connectivity index (χ0) is 20.0. The minimum absolute atomic E-state index is 0.109. The summed E-state index contributed by atoms with van der Waals surface area (Å²) in [7, 11) is -0.311. The van der Waals surface area contributed by atoms with Crippen molar-refractivity contribution in [1.82, 2.24) is 9.21 Å². The lowest BCUT2D eigenvalue weighted by atomic mass is 10.2. The van der Waals surface area contributed by atoms with E-state index in [0.29, 0.717) is 11.6 Å². The van der Waals surface area contributed by atoms with E-state index in [9.17, 15) is 13.2 Å². The minimum atomic E-state index is -3.55. The summed E-state index contributed by atoms with van der Waals surface area (Å²) < 4.78 is 30.5. The third-order valence-electron chi connectivity index (χ3n) is 4.06. The number of sulfonamides is 1. The van der Waals surface area contributed by atoms with Crippen LogP contribution in [0.4, 0.5) is 0 Å². The van der Waals surface area contributed by atoms with E-state index in [1.165, 1.54) is 4.90 Å². The van der Waals surface area contributed by atoms with E-state index in [1.54, 1.807) is 38.4 Å². The molecule has 0 heterocycles. The van der Waals surface area contributed by atoms with E-state index in [-0.39, 0.29) is 19.0 Å². The highest BCUT2D eigenvalue weighted by Gasteiger charge is 2.22. The van der Waals surface area contributed by atoms with Crippen molar-refractivity contribution >= 4 is 27.5 Å². The molecule has 0 fully saturated rings. The molecule has 2 aromatic carbocycles. The molecular weight excluding hydrogens is 388 g/mol. The summed E-state index contributed by atoms with van der Waals surface area (Å²) in [5.74, 6) is 0.448. The third-order valence-corrected chi connectivity index (χ3v) is 5.51. The molecule has 0 saturated heterocycles. The lowest BCUT2D eigenvalue weighted by Crippen LogP contribution is -2.40. The third kappa shape index (κ3) is 6.53. The Hall–Kier alpha value is -2.09. The second-order valence-corrected chi connectivity index (χ2v) is 8.67. The summed E-state index contributed by atoms with van der Waals surface area (Å²) >= 11 is 5.86. The average Bonchev–Trinajstić information content (AvgIpc) is 2.62. The van der Waals surface area contributed by atoms with Gasteiger partial charge < -0.3 is 9.64 Å². The lowest BCUT2D eigenvalue weighted by Gasteiger charge is -2.24. The topological polar surface area (TPSA) is 66.9 Å². The van der Waals surface area contributed by atoms with Crippen molar-refractivity contribution in [2.24, 2.45) is 0 Å². The van der Waals surface area contributed by atoms with E-state index in [0.717, 1.165) is 27.4 Å².